The number of rotatable bonds is 4. The van der Waals surface area contributed by atoms with Crippen molar-refractivity contribution in [3.8, 4) is 5.75 Å². The number of primary amides is 1. The highest BCUT2D eigenvalue weighted by molar-refractivity contribution is 9.10. The molecule has 0 radical (unpaired) electrons. The van der Waals surface area contributed by atoms with E-state index in [0.29, 0.717) is 17.9 Å². The lowest BCUT2D eigenvalue weighted by atomic mass is 10.1. The van der Waals surface area contributed by atoms with Crippen molar-refractivity contribution in [2.45, 2.75) is 6.61 Å². The number of carbonyl (C=O) groups excluding carboxylic acids is 1. The van der Waals surface area contributed by atoms with Crippen LogP contribution in [0.4, 0.5) is 5.69 Å². The maximum Gasteiger partial charge on any atom is 0.248 e. The van der Waals surface area contributed by atoms with Gasteiger partial charge in [-0.1, -0.05) is 22.0 Å². The second kappa shape index (κ2) is 5.75. The largest absolute Gasteiger partial charge is 0.489 e. The highest BCUT2D eigenvalue weighted by Crippen LogP contribution is 2.20. The van der Waals surface area contributed by atoms with Gasteiger partial charge in [-0.2, -0.15) is 0 Å². The lowest BCUT2D eigenvalue weighted by Gasteiger charge is -2.09. The van der Waals surface area contributed by atoms with Crippen LogP contribution in [0.15, 0.2) is 46.9 Å². The highest BCUT2D eigenvalue weighted by Gasteiger charge is 2.05. The summed E-state index contributed by atoms with van der Waals surface area (Å²) >= 11 is 3.36. The van der Waals surface area contributed by atoms with Crippen LogP contribution in [-0.4, -0.2) is 5.91 Å². The van der Waals surface area contributed by atoms with E-state index in [4.69, 9.17) is 16.2 Å². The van der Waals surface area contributed by atoms with E-state index < -0.39 is 5.91 Å². The normalized spacial score (nSPS) is 10.2. The fourth-order valence-corrected chi connectivity index (χ4v) is 1.84. The Balaban J connectivity index is 2.07. The highest BCUT2D eigenvalue weighted by atomic mass is 79.9. The van der Waals surface area contributed by atoms with Gasteiger partial charge in [-0.15, -0.1) is 0 Å². The zero-order valence-corrected chi connectivity index (χ0v) is 11.7. The third-order valence-electron chi connectivity index (χ3n) is 2.64. The van der Waals surface area contributed by atoms with Gasteiger partial charge in [0.2, 0.25) is 5.91 Å². The monoisotopic (exact) mass is 320 g/mol. The molecule has 4 nitrogen and oxygen atoms in total. The Labute approximate surface area is 119 Å². The van der Waals surface area contributed by atoms with Crippen LogP contribution in [0.5, 0.6) is 5.75 Å². The molecule has 0 aliphatic rings. The molecule has 0 saturated carbocycles. The number of benzene rings is 2. The second-order valence-corrected chi connectivity index (χ2v) is 4.94. The Kier molecular flexibility index (Phi) is 4.06. The number of ether oxygens (including phenoxy) is 1. The minimum atomic E-state index is -0.493. The van der Waals surface area contributed by atoms with Gasteiger partial charge in [-0.3, -0.25) is 4.79 Å². The molecule has 2 rings (SSSR count). The van der Waals surface area contributed by atoms with Crippen LogP contribution in [0.2, 0.25) is 0 Å². The minimum absolute atomic E-state index is 0.340. The summed E-state index contributed by atoms with van der Waals surface area (Å²) in [5.41, 5.74) is 12.7. The number of amides is 1. The van der Waals surface area contributed by atoms with Crippen LogP contribution >= 0.6 is 15.9 Å². The van der Waals surface area contributed by atoms with Crippen LogP contribution in [0.25, 0.3) is 0 Å². The maximum absolute atomic E-state index is 11.0. The zero-order chi connectivity index (χ0) is 13.8. The van der Waals surface area contributed by atoms with Gasteiger partial charge < -0.3 is 16.2 Å². The molecule has 0 saturated heterocycles. The van der Waals surface area contributed by atoms with E-state index in [-0.39, 0.29) is 0 Å². The van der Waals surface area contributed by atoms with Gasteiger partial charge in [-0.05, 0) is 36.4 Å². The molecule has 0 unspecified atom stereocenters. The molecule has 98 valence electrons. The minimum Gasteiger partial charge on any atom is -0.489 e. The van der Waals surface area contributed by atoms with Gasteiger partial charge >= 0.3 is 0 Å². The van der Waals surface area contributed by atoms with Crippen LogP contribution in [0, 0.1) is 0 Å². The van der Waals surface area contributed by atoms with Gasteiger partial charge in [0.15, 0.2) is 0 Å². The molecule has 0 aliphatic carbocycles. The third kappa shape index (κ3) is 3.48. The average molecular weight is 321 g/mol. The van der Waals surface area contributed by atoms with Crippen molar-refractivity contribution in [1.29, 1.82) is 0 Å². The van der Waals surface area contributed by atoms with E-state index in [0.717, 1.165) is 15.8 Å². The summed E-state index contributed by atoms with van der Waals surface area (Å²) in [4.78, 5) is 11.0. The fourth-order valence-electron chi connectivity index (χ4n) is 1.57. The Morgan fingerprint density at radius 2 is 1.84 bits per heavy atom. The molecule has 0 aliphatic heterocycles. The molecule has 0 atom stereocenters. The van der Waals surface area contributed by atoms with Gasteiger partial charge in [-0.25, -0.2) is 0 Å². The summed E-state index contributed by atoms with van der Waals surface area (Å²) in [7, 11) is 0. The zero-order valence-electron chi connectivity index (χ0n) is 10.1. The van der Waals surface area contributed by atoms with Gasteiger partial charge in [0, 0.05) is 21.3 Å². The Morgan fingerprint density at radius 1 is 1.16 bits per heavy atom. The molecular formula is C14H13BrN2O2. The molecule has 1 amide bonds. The van der Waals surface area contributed by atoms with Gasteiger partial charge in [0.25, 0.3) is 0 Å². The number of hydrogen-bond acceptors (Lipinski definition) is 3. The lowest BCUT2D eigenvalue weighted by Crippen LogP contribution is -2.12. The second-order valence-electron chi connectivity index (χ2n) is 4.02. The van der Waals surface area contributed by atoms with Crippen molar-refractivity contribution >= 4 is 27.5 Å². The van der Waals surface area contributed by atoms with Crippen molar-refractivity contribution < 1.29 is 9.53 Å². The molecule has 2 aromatic rings. The number of anilines is 1. The molecule has 19 heavy (non-hydrogen) atoms. The molecule has 0 spiro atoms. The Hall–Kier alpha value is -2.01. The number of nitrogen functional groups attached to an aromatic ring is 1. The smallest absolute Gasteiger partial charge is 0.248 e. The topological polar surface area (TPSA) is 78.3 Å². The summed E-state index contributed by atoms with van der Waals surface area (Å²) in [6, 6.07) is 12.5. The van der Waals surface area contributed by atoms with Crippen LogP contribution < -0.4 is 16.2 Å². The molecule has 5 heteroatoms. The van der Waals surface area contributed by atoms with Crippen LogP contribution in [-0.2, 0) is 6.61 Å². The predicted molar refractivity (Wildman–Crippen MR) is 77.8 cm³/mol. The lowest BCUT2D eigenvalue weighted by molar-refractivity contribution is 0.100. The first-order valence-corrected chi connectivity index (χ1v) is 6.42. The summed E-state index contributed by atoms with van der Waals surface area (Å²) in [6.07, 6.45) is 0. The molecule has 0 aromatic heterocycles. The fraction of sp³-hybridized carbons (Fsp3) is 0.0714. The van der Waals surface area contributed by atoms with E-state index in [9.17, 15) is 4.79 Å². The Bertz CT molecular complexity index is 597. The van der Waals surface area contributed by atoms with E-state index >= 15 is 0 Å². The van der Waals surface area contributed by atoms with Crippen molar-refractivity contribution in [2.24, 2.45) is 5.73 Å². The Morgan fingerprint density at radius 3 is 2.42 bits per heavy atom. The number of halogens is 1. The van der Waals surface area contributed by atoms with E-state index in [2.05, 4.69) is 15.9 Å². The standard InChI is InChI=1S/C14H13BrN2O2/c15-11-3-5-12(6-4-11)19-8-10-2-1-9(14(17)18)7-13(10)16/h1-7H,8,16H2,(H2,17,18). The van der Waals surface area contributed by atoms with Crippen molar-refractivity contribution in [3.63, 3.8) is 0 Å². The summed E-state index contributed by atoms with van der Waals surface area (Å²) in [5.74, 6) is 0.258. The summed E-state index contributed by atoms with van der Waals surface area (Å²) < 4.78 is 6.60. The number of carbonyl (C=O) groups is 1. The molecule has 0 heterocycles. The molecule has 4 N–H and O–H groups in total. The van der Waals surface area contributed by atoms with Gasteiger partial charge in [0.1, 0.15) is 12.4 Å². The molecule has 0 bridgehead atoms. The van der Waals surface area contributed by atoms with Gasteiger partial charge in [0.05, 0.1) is 0 Å². The third-order valence-corrected chi connectivity index (χ3v) is 3.17. The maximum atomic E-state index is 11.0. The average Bonchev–Trinajstić information content (AvgIpc) is 2.39. The predicted octanol–water partition coefficient (Wildman–Crippen LogP) is 2.71. The molecule has 2 aromatic carbocycles. The van der Waals surface area contributed by atoms with Crippen LogP contribution in [0.1, 0.15) is 15.9 Å². The first-order chi connectivity index (χ1) is 9.06. The van der Waals surface area contributed by atoms with Crippen LogP contribution in [0.3, 0.4) is 0 Å². The van der Waals surface area contributed by atoms with Crippen molar-refractivity contribution in [1.82, 2.24) is 0 Å². The summed E-state index contributed by atoms with van der Waals surface area (Å²) in [6.45, 7) is 0.340. The van der Waals surface area contributed by atoms with Crippen molar-refractivity contribution in [2.75, 3.05) is 5.73 Å². The molecular weight excluding hydrogens is 308 g/mol. The SMILES string of the molecule is NC(=O)c1ccc(COc2ccc(Br)cc2)c(N)c1. The first kappa shape index (κ1) is 13.4. The van der Waals surface area contributed by atoms with E-state index in [1.807, 2.05) is 24.3 Å². The van der Waals surface area contributed by atoms with Crippen molar-refractivity contribution in [3.05, 3.63) is 58.1 Å². The molecule has 0 fully saturated rings. The number of nitrogens with two attached hydrogens (primary N) is 2. The quantitative estimate of drug-likeness (QED) is 0.850. The first-order valence-electron chi connectivity index (χ1n) is 5.63. The van der Waals surface area contributed by atoms with E-state index in [1.54, 1.807) is 18.2 Å². The summed E-state index contributed by atoms with van der Waals surface area (Å²) in [5, 5.41) is 0. The van der Waals surface area contributed by atoms with E-state index in [1.165, 1.54) is 0 Å². The number of hydrogen-bond donors (Lipinski definition) is 2.